The maximum Gasteiger partial charge on any atom is 0.347 e. The molecule has 3 heterocycles. The Morgan fingerprint density at radius 3 is 2.46 bits per heavy atom. The number of carbonyl (C=O) groups is 2. The number of phenols is 1. The van der Waals surface area contributed by atoms with Crippen LogP contribution in [-0.4, -0.2) is 49.6 Å². The number of aromatic hydroxyl groups is 1. The summed E-state index contributed by atoms with van der Waals surface area (Å²) < 4.78 is 14.9. The van der Waals surface area contributed by atoms with Crippen molar-refractivity contribution < 1.29 is 24.2 Å². The molecule has 1 aromatic heterocycles. The van der Waals surface area contributed by atoms with Crippen LogP contribution in [0.5, 0.6) is 17.2 Å². The molecule has 248 valence electrons. The van der Waals surface area contributed by atoms with E-state index in [1.165, 1.54) is 29.6 Å². The first-order valence-electron chi connectivity index (χ1n) is 15.3. The first-order chi connectivity index (χ1) is 23.0. The summed E-state index contributed by atoms with van der Waals surface area (Å²) in [6, 6.07) is 15.7. The van der Waals surface area contributed by atoms with Crippen LogP contribution in [0.2, 0.25) is 10.0 Å². The smallest absolute Gasteiger partial charge is 0.347 e. The Morgan fingerprint density at radius 1 is 1.02 bits per heavy atom. The van der Waals surface area contributed by atoms with Crippen molar-refractivity contribution in [2.24, 2.45) is 13.0 Å². The maximum atomic E-state index is 15.2. The van der Waals surface area contributed by atoms with Crippen molar-refractivity contribution in [3.8, 4) is 17.2 Å². The van der Waals surface area contributed by atoms with Crippen LogP contribution in [0.1, 0.15) is 36.4 Å². The number of allylic oxidation sites excluding steroid dienone is 2. The van der Waals surface area contributed by atoms with Gasteiger partial charge in [0.25, 0.3) is 11.8 Å². The topological polar surface area (TPSA) is 137 Å². The second-order valence-corrected chi connectivity index (χ2v) is 12.8. The molecule has 2 aliphatic heterocycles. The molecule has 3 aliphatic rings. The molecule has 2 N–H and O–H groups in total. The Hall–Kier alpha value is -4.94. The summed E-state index contributed by atoms with van der Waals surface area (Å²) in [5.41, 5.74) is 1.93. The Bertz CT molecular complexity index is 2140. The van der Waals surface area contributed by atoms with E-state index < -0.39 is 46.5 Å². The molecule has 0 spiro atoms. The second-order valence-electron chi connectivity index (χ2n) is 11.9. The van der Waals surface area contributed by atoms with Gasteiger partial charge in [0.2, 0.25) is 0 Å². The van der Waals surface area contributed by atoms with Gasteiger partial charge < -0.3 is 14.6 Å². The summed E-state index contributed by atoms with van der Waals surface area (Å²) in [6.07, 6.45) is 1.81. The fourth-order valence-electron chi connectivity index (χ4n) is 7.60. The number of hydrogen-bond acceptors (Lipinski definition) is 8. The number of hydrazine groups is 1. The summed E-state index contributed by atoms with van der Waals surface area (Å²) in [4.78, 5) is 56.6. The average molecular weight is 693 g/mol. The minimum absolute atomic E-state index is 0.000733. The lowest BCUT2D eigenvalue weighted by Crippen LogP contribution is -2.53. The number of nitrogens with one attached hydrogen (secondary N) is 1. The number of amides is 2. The van der Waals surface area contributed by atoms with Crippen LogP contribution in [0, 0.1) is 5.92 Å². The van der Waals surface area contributed by atoms with E-state index in [-0.39, 0.29) is 41.8 Å². The van der Waals surface area contributed by atoms with E-state index in [4.69, 9.17) is 32.7 Å². The highest BCUT2D eigenvalue weighted by Crippen LogP contribution is 2.63. The first kappa shape index (κ1) is 31.6. The second kappa shape index (κ2) is 11.6. The van der Waals surface area contributed by atoms with Gasteiger partial charge in [0.15, 0.2) is 11.5 Å². The number of benzene rings is 3. The van der Waals surface area contributed by atoms with Crippen molar-refractivity contribution in [2.45, 2.75) is 37.3 Å². The lowest BCUT2D eigenvalue weighted by Gasteiger charge is -2.49. The number of rotatable bonds is 7. The van der Waals surface area contributed by atoms with Gasteiger partial charge in [-0.2, -0.15) is 5.01 Å². The minimum atomic E-state index is -1.64. The van der Waals surface area contributed by atoms with E-state index in [1.54, 1.807) is 61.5 Å². The summed E-state index contributed by atoms with van der Waals surface area (Å²) in [5, 5.41) is 13.3. The van der Waals surface area contributed by atoms with Crippen LogP contribution in [0.15, 0.2) is 81.9 Å². The van der Waals surface area contributed by atoms with Crippen molar-refractivity contribution in [1.29, 1.82) is 0 Å². The largest absolute Gasteiger partial charge is 0.504 e. The van der Waals surface area contributed by atoms with Crippen molar-refractivity contribution in [2.75, 3.05) is 19.1 Å². The maximum absolute atomic E-state index is 15.2. The average Bonchev–Trinajstić information content (AvgIpc) is 3.43. The van der Waals surface area contributed by atoms with Crippen LogP contribution in [0.4, 0.5) is 5.69 Å². The predicted molar refractivity (Wildman–Crippen MR) is 178 cm³/mol. The van der Waals surface area contributed by atoms with Crippen LogP contribution in [0.25, 0.3) is 0 Å². The van der Waals surface area contributed by atoms with Gasteiger partial charge in [-0.15, -0.1) is 0 Å². The number of nitrogens with zero attached hydrogens (tertiary/aromatic N) is 4. The number of anilines is 1. The number of methoxy groups -OCH3 is 1. The molecule has 12 nitrogen and oxygen atoms in total. The third-order valence-electron chi connectivity index (χ3n) is 9.68. The van der Waals surface area contributed by atoms with Crippen molar-refractivity contribution >= 4 is 40.7 Å². The Kier molecular flexibility index (Phi) is 7.67. The zero-order chi connectivity index (χ0) is 34.1. The Morgan fingerprint density at radius 2 is 1.77 bits per heavy atom. The summed E-state index contributed by atoms with van der Waals surface area (Å²) in [5.74, 6) is -2.70. The molecule has 1 saturated carbocycles. The number of para-hydroxylation sites is 1. The standard InChI is InChI=1S/C34H31Cl2N5O7/c1-4-48-27-7-5-6-22(29(27)42)28-21-14-15-39-32(45)38(2)33(46)41(39)26(21)17-23-30(43)40(37-25-13-10-19(35)16-24(25)36)31(44)34(23,28)18-8-11-20(47-3)12-9-18/h5-14,16,23,26,28,37,42H,4,15,17H2,1-3H3. The number of phenolic OH excluding ortho intramolecular Hbond substituents is 1. The van der Waals surface area contributed by atoms with E-state index >= 15 is 4.79 Å². The fourth-order valence-corrected chi connectivity index (χ4v) is 8.05. The predicted octanol–water partition coefficient (Wildman–Crippen LogP) is 4.39. The van der Waals surface area contributed by atoms with Crippen molar-refractivity contribution in [3.05, 3.63) is 114 Å². The van der Waals surface area contributed by atoms with Gasteiger partial charge in [-0.25, -0.2) is 23.5 Å². The van der Waals surface area contributed by atoms with Gasteiger partial charge >= 0.3 is 11.4 Å². The number of halogens is 2. The van der Waals surface area contributed by atoms with Crippen LogP contribution in [-0.2, 0) is 28.6 Å². The highest BCUT2D eigenvalue weighted by Gasteiger charge is 2.69. The summed E-state index contributed by atoms with van der Waals surface area (Å²) in [7, 11) is 2.92. The molecule has 0 bridgehead atoms. The third-order valence-corrected chi connectivity index (χ3v) is 10.2. The van der Waals surface area contributed by atoms with E-state index in [1.807, 2.05) is 6.08 Å². The van der Waals surface area contributed by atoms with E-state index in [0.29, 0.717) is 27.5 Å². The normalized spacial score (nSPS) is 22.9. The highest BCUT2D eigenvalue weighted by atomic mass is 35.5. The molecule has 2 amide bonds. The number of carbonyl (C=O) groups excluding carboxylic acids is 2. The number of imide groups is 1. The molecule has 3 aromatic carbocycles. The minimum Gasteiger partial charge on any atom is -0.504 e. The van der Waals surface area contributed by atoms with E-state index in [9.17, 15) is 19.5 Å². The fraction of sp³-hybridized carbons (Fsp3) is 0.294. The molecule has 1 saturated heterocycles. The van der Waals surface area contributed by atoms with E-state index in [0.717, 1.165) is 9.58 Å². The number of ether oxygens (including phenoxy) is 2. The monoisotopic (exact) mass is 691 g/mol. The number of aromatic nitrogens is 3. The lowest BCUT2D eigenvalue weighted by atomic mass is 9.53. The molecule has 4 aromatic rings. The molecule has 7 rings (SSSR count). The van der Waals surface area contributed by atoms with Crippen LogP contribution in [0.3, 0.4) is 0 Å². The van der Waals surface area contributed by atoms with Gasteiger partial charge in [0.1, 0.15) is 5.75 Å². The molecule has 4 unspecified atom stereocenters. The molecule has 48 heavy (non-hydrogen) atoms. The van der Waals surface area contributed by atoms with Gasteiger partial charge in [-0.1, -0.05) is 53.5 Å². The quantitative estimate of drug-likeness (QED) is 0.215. The van der Waals surface area contributed by atoms with Crippen molar-refractivity contribution in [1.82, 2.24) is 18.9 Å². The molecule has 0 radical (unpaired) electrons. The van der Waals surface area contributed by atoms with Crippen molar-refractivity contribution in [3.63, 3.8) is 0 Å². The van der Waals surface area contributed by atoms with Crippen LogP contribution >= 0.6 is 23.2 Å². The summed E-state index contributed by atoms with van der Waals surface area (Å²) in [6.45, 7) is 2.09. The molecular weight excluding hydrogens is 661 g/mol. The first-order valence-corrected chi connectivity index (χ1v) is 16.1. The Balaban J connectivity index is 1.52. The lowest BCUT2D eigenvalue weighted by molar-refractivity contribution is -0.138. The van der Waals surface area contributed by atoms with Crippen LogP contribution < -0.4 is 26.3 Å². The van der Waals surface area contributed by atoms with Gasteiger partial charge in [0, 0.05) is 23.6 Å². The molecular formula is C34H31Cl2N5O7. The molecule has 1 aliphatic carbocycles. The zero-order valence-corrected chi connectivity index (χ0v) is 27.7. The number of fused-ring (bicyclic) bond motifs is 4. The third kappa shape index (κ3) is 4.42. The van der Waals surface area contributed by atoms with Gasteiger partial charge in [-0.05, 0) is 60.9 Å². The highest BCUT2D eigenvalue weighted by molar-refractivity contribution is 6.36. The number of hydrogen-bond donors (Lipinski definition) is 2. The zero-order valence-electron chi connectivity index (χ0n) is 26.1. The van der Waals surface area contributed by atoms with Gasteiger partial charge in [0.05, 0.1) is 48.3 Å². The molecule has 14 heteroatoms. The SMILES string of the molecule is CCOc1cccc(C2C3=CCn4c(=O)n(C)c(=O)n4C3CC3C(=O)N(Nc4ccc(Cl)cc4Cl)C(=O)C32c2ccc(OC)cc2)c1O. The van der Waals surface area contributed by atoms with E-state index in [2.05, 4.69) is 5.43 Å². The molecule has 2 fully saturated rings. The molecule has 4 atom stereocenters. The summed E-state index contributed by atoms with van der Waals surface area (Å²) >= 11 is 12.6. The van der Waals surface area contributed by atoms with Gasteiger partial charge in [-0.3, -0.25) is 15.0 Å². The Labute approximate surface area is 284 Å².